The van der Waals surface area contributed by atoms with E-state index in [1.54, 1.807) is 11.3 Å². The van der Waals surface area contributed by atoms with Gasteiger partial charge in [0.15, 0.2) is 0 Å². The third-order valence-electron chi connectivity index (χ3n) is 3.34. The third kappa shape index (κ3) is 3.78. The predicted molar refractivity (Wildman–Crippen MR) is 72.2 cm³/mol. The van der Waals surface area contributed by atoms with Crippen LogP contribution in [0.1, 0.15) is 34.8 Å². The summed E-state index contributed by atoms with van der Waals surface area (Å²) in [6, 6.07) is 0. The van der Waals surface area contributed by atoms with E-state index in [2.05, 4.69) is 9.88 Å². The number of carboxylic acid groups (broad SMARTS) is 1. The van der Waals surface area contributed by atoms with E-state index in [0.29, 0.717) is 0 Å². The molecule has 2 rings (SSSR count). The van der Waals surface area contributed by atoms with Crippen LogP contribution in [0.15, 0.2) is 0 Å². The second-order valence-corrected chi connectivity index (χ2v) is 6.01. The molecule has 1 aliphatic rings. The van der Waals surface area contributed by atoms with Crippen LogP contribution < -0.4 is 0 Å². The fourth-order valence-corrected chi connectivity index (χ4v) is 3.38. The highest BCUT2D eigenvalue weighted by Gasteiger charge is 2.13. The van der Waals surface area contributed by atoms with Gasteiger partial charge in [-0.1, -0.05) is 6.42 Å². The van der Waals surface area contributed by atoms with Gasteiger partial charge in [0.05, 0.1) is 17.1 Å². The van der Waals surface area contributed by atoms with Crippen LogP contribution in [-0.4, -0.2) is 40.6 Å². The molecule has 2 heterocycles. The van der Waals surface area contributed by atoms with E-state index in [0.717, 1.165) is 28.5 Å². The van der Waals surface area contributed by atoms with Crippen LogP contribution in [0.3, 0.4) is 0 Å². The number of hydrogen-bond donors (Lipinski definition) is 1. The Morgan fingerprint density at radius 1 is 1.39 bits per heavy atom. The summed E-state index contributed by atoms with van der Waals surface area (Å²) in [5.74, 6) is -0.774. The van der Waals surface area contributed by atoms with Crippen molar-refractivity contribution in [3.63, 3.8) is 0 Å². The zero-order valence-corrected chi connectivity index (χ0v) is 11.6. The normalized spacial score (nSPS) is 16.9. The van der Waals surface area contributed by atoms with Crippen molar-refractivity contribution in [3.05, 3.63) is 15.6 Å². The molecule has 0 bridgehead atoms. The van der Waals surface area contributed by atoms with Crippen molar-refractivity contribution in [3.8, 4) is 0 Å². The summed E-state index contributed by atoms with van der Waals surface area (Å²) < 4.78 is 0. The van der Waals surface area contributed by atoms with Crippen LogP contribution >= 0.6 is 11.3 Å². The molecule has 1 fully saturated rings. The van der Waals surface area contributed by atoms with Gasteiger partial charge in [-0.15, -0.1) is 11.3 Å². The second-order valence-electron chi connectivity index (χ2n) is 4.84. The highest BCUT2D eigenvalue weighted by atomic mass is 32.1. The number of hydrogen-bond acceptors (Lipinski definition) is 4. The molecule has 1 N–H and O–H groups in total. The summed E-state index contributed by atoms with van der Waals surface area (Å²) >= 11 is 1.56. The van der Waals surface area contributed by atoms with Gasteiger partial charge in [0.1, 0.15) is 0 Å². The lowest BCUT2D eigenvalue weighted by atomic mass is 10.1. The number of carbonyl (C=O) groups is 1. The number of carboxylic acids is 1. The molecule has 0 spiro atoms. The summed E-state index contributed by atoms with van der Waals surface area (Å²) in [4.78, 5) is 18.6. The van der Waals surface area contributed by atoms with E-state index in [1.165, 1.54) is 32.4 Å². The van der Waals surface area contributed by atoms with Crippen molar-refractivity contribution < 1.29 is 9.90 Å². The SMILES string of the molecule is Cc1nc(CCN2CCCCC2)sc1CC(=O)O. The molecule has 0 radical (unpaired) electrons. The Labute approximate surface area is 112 Å². The summed E-state index contributed by atoms with van der Waals surface area (Å²) in [6.07, 6.45) is 5.02. The lowest BCUT2D eigenvalue weighted by Gasteiger charge is -2.25. The molecule has 0 atom stereocenters. The maximum absolute atomic E-state index is 10.7. The van der Waals surface area contributed by atoms with Gasteiger partial charge < -0.3 is 10.0 Å². The van der Waals surface area contributed by atoms with Crippen molar-refractivity contribution in [2.45, 2.75) is 39.0 Å². The van der Waals surface area contributed by atoms with Gasteiger partial charge in [0.2, 0.25) is 0 Å². The van der Waals surface area contributed by atoms with E-state index in [-0.39, 0.29) is 6.42 Å². The Morgan fingerprint density at radius 3 is 2.78 bits per heavy atom. The molecule has 18 heavy (non-hydrogen) atoms. The highest BCUT2D eigenvalue weighted by molar-refractivity contribution is 7.11. The number of nitrogens with zero attached hydrogens (tertiary/aromatic N) is 2. The molecular weight excluding hydrogens is 248 g/mol. The van der Waals surface area contributed by atoms with Crippen molar-refractivity contribution in [2.24, 2.45) is 0 Å². The Bertz CT molecular complexity index is 411. The quantitative estimate of drug-likeness (QED) is 0.888. The number of aromatic nitrogens is 1. The topological polar surface area (TPSA) is 53.4 Å². The monoisotopic (exact) mass is 268 g/mol. The molecule has 0 aliphatic carbocycles. The standard InChI is InChI=1S/C13H20N2O2S/c1-10-11(9-13(16)17)18-12(14-10)5-8-15-6-3-2-4-7-15/h2-9H2,1H3,(H,16,17). The van der Waals surface area contributed by atoms with Crippen molar-refractivity contribution in [1.29, 1.82) is 0 Å². The van der Waals surface area contributed by atoms with Crippen molar-refractivity contribution in [2.75, 3.05) is 19.6 Å². The number of rotatable bonds is 5. The van der Waals surface area contributed by atoms with E-state index < -0.39 is 5.97 Å². The Hall–Kier alpha value is -0.940. The first-order valence-corrected chi connectivity index (χ1v) is 7.36. The number of thiazole rings is 1. The summed E-state index contributed by atoms with van der Waals surface area (Å²) in [5.41, 5.74) is 0.885. The number of aliphatic carboxylic acids is 1. The van der Waals surface area contributed by atoms with Crippen LogP contribution in [0.4, 0.5) is 0 Å². The maximum Gasteiger partial charge on any atom is 0.308 e. The third-order valence-corrected chi connectivity index (χ3v) is 4.56. The van der Waals surface area contributed by atoms with E-state index in [9.17, 15) is 4.79 Å². The number of aryl methyl sites for hydroxylation is 1. The number of likely N-dealkylation sites (tertiary alicyclic amines) is 1. The molecule has 0 unspecified atom stereocenters. The summed E-state index contributed by atoms with van der Waals surface area (Å²) in [5, 5.41) is 9.88. The van der Waals surface area contributed by atoms with Gasteiger partial charge in [-0.05, 0) is 32.9 Å². The van der Waals surface area contributed by atoms with E-state index >= 15 is 0 Å². The Kier molecular flexibility index (Phi) is 4.72. The van der Waals surface area contributed by atoms with E-state index in [1.807, 2.05) is 6.92 Å². The summed E-state index contributed by atoms with van der Waals surface area (Å²) in [7, 11) is 0. The van der Waals surface area contributed by atoms with Crippen LogP contribution in [0.25, 0.3) is 0 Å². The first-order chi connectivity index (χ1) is 8.65. The molecule has 0 amide bonds. The maximum atomic E-state index is 10.7. The predicted octanol–water partition coefficient (Wildman–Crippen LogP) is 2.11. The molecule has 0 saturated carbocycles. The van der Waals surface area contributed by atoms with Gasteiger partial charge in [-0.3, -0.25) is 4.79 Å². The van der Waals surface area contributed by atoms with Crippen molar-refractivity contribution in [1.82, 2.24) is 9.88 Å². The summed E-state index contributed by atoms with van der Waals surface area (Å²) in [6.45, 7) is 5.36. The van der Waals surface area contributed by atoms with Crippen LogP contribution in [0, 0.1) is 6.92 Å². The molecule has 1 aromatic heterocycles. The average molecular weight is 268 g/mol. The minimum absolute atomic E-state index is 0.104. The van der Waals surface area contributed by atoms with Crippen LogP contribution in [0.5, 0.6) is 0 Å². The van der Waals surface area contributed by atoms with Crippen LogP contribution in [0.2, 0.25) is 0 Å². The zero-order chi connectivity index (χ0) is 13.0. The minimum Gasteiger partial charge on any atom is -0.481 e. The molecule has 1 aliphatic heterocycles. The largest absolute Gasteiger partial charge is 0.481 e. The van der Waals surface area contributed by atoms with Crippen molar-refractivity contribution >= 4 is 17.3 Å². The molecule has 100 valence electrons. The van der Waals surface area contributed by atoms with Gasteiger partial charge in [-0.2, -0.15) is 0 Å². The first kappa shape index (κ1) is 13.5. The van der Waals surface area contributed by atoms with Gasteiger partial charge in [-0.25, -0.2) is 4.98 Å². The molecule has 1 aromatic rings. The lowest BCUT2D eigenvalue weighted by molar-refractivity contribution is -0.136. The van der Waals surface area contributed by atoms with Crippen LogP contribution in [-0.2, 0) is 17.6 Å². The fourth-order valence-electron chi connectivity index (χ4n) is 2.33. The molecule has 0 aromatic carbocycles. The van der Waals surface area contributed by atoms with E-state index in [4.69, 9.17) is 5.11 Å². The first-order valence-electron chi connectivity index (χ1n) is 6.54. The molecular formula is C13H20N2O2S. The molecule has 4 nitrogen and oxygen atoms in total. The lowest BCUT2D eigenvalue weighted by Crippen LogP contribution is -2.31. The smallest absolute Gasteiger partial charge is 0.308 e. The zero-order valence-electron chi connectivity index (χ0n) is 10.8. The highest BCUT2D eigenvalue weighted by Crippen LogP contribution is 2.20. The minimum atomic E-state index is -0.774. The van der Waals surface area contributed by atoms with Gasteiger partial charge >= 0.3 is 5.97 Å². The fraction of sp³-hybridized carbons (Fsp3) is 0.692. The molecule has 1 saturated heterocycles. The Morgan fingerprint density at radius 2 is 2.11 bits per heavy atom. The average Bonchev–Trinajstić information content (AvgIpc) is 2.68. The molecule has 5 heteroatoms. The van der Waals surface area contributed by atoms with Gasteiger partial charge in [0, 0.05) is 17.8 Å². The van der Waals surface area contributed by atoms with Gasteiger partial charge in [0.25, 0.3) is 0 Å². The number of piperidine rings is 1. The second kappa shape index (κ2) is 6.29. The Balaban J connectivity index is 1.87.